The quantitative estimate of drug-likeness (QED) is 0.778. The van der Waals surface area contributed by atoms with Crippen LogP contribution in [-0.2, 0) is 0 Å². The normalized spacial score (nSPS) is 10.0. The summed E-state index contributed by atoms with van der Waals surface area (Å²) in [6.07, 6.45) is 1.49. The van der Waals surface area contributed by atoms with Gasteiger partial charge in [0.15, 0.2) is 0 Å². The molecule has 2 aromatic rings. The Kier molecular flexibility index (Phi) is 2.10. The Labute approximate surface area is 89.3 Å². The number of rotatable bonds is 0. The van der Waals surface area contributed by atoms with Crippen LogP contribution in [0.4, 0.5) is 5.69 Å². The highest BCUT2D eigenvalue weighted by atomic mass is 79.9. The van der Waals surface area contributed by atoms with Gasteiger partial charge in [-0.3, -0.25) is 4.98 Å². The van der Waals surface area contributed by atoms with Gasteiger partial charge in [0.2, 0.25) is 0 Å². The van der Waals surface area contributed by atoms with E-state index in [1.54, 1.807) is 0 Å². The molecule has 0 radical (unpaired) electrons. The second-order valence-corrected chi connectivity index (χ2v) is 3.69. The number of para-hydroxylation sites is 1. The zero-order valence-corrected chi connectivity index (χ0v) is 8.75. The molecular formula is C10H6BrN3. The monoisotopic (exact) mass is 247 g/mol. The molecule has 2 N–H and O–H groups in total. The van der Waals surface area contributed by atoms with Crippen molar-refractivity contribution in [2.75, 3.05) is 5.73 Å². The summed E-state index contributed by atoms with van der Waals surface area (Å²) in [4.78, 5) is 4.16. The van der Waals surface area contributed by atoms with Crippen LogP contribution in [0.3, 0.4) is 0 Å². The Morgan fingerprint density at radius 1 is 1.43 bits per heavy atom. The lowest BCUT2D eigenvalue weighted by atomic mass is 10.1. The van der Waals surface area contributed by atoms with E-state index in [1.807, 2.05) is 24.3 Å². The number of anilines is 1. The fraction of sp³-hybridized carbons (Fsp3) is 0. The van der Waals surface area contributed by atoms with E-state index in [0.29, 0.717) is 11.3 Å². The Bertz CT molecular complexity index is 543. The van der Waals surface area contributed by atoms with E-state index in [0.717, 1.165) is 15.4 Å². The van der Waals surface area contributed by atoms with E-state index in [-0.39, 0.29) is 0 Å². The van der Waals surface area contributed by atoms with Gasteiger partial charge in [0.25, 0.3) is 0 Å². The molecule has 0 fully saturated rings. The first kappa shape index (κ1) is 8.97. The Morgan fingerprint density at radius 3 is 2.93 bits per heavy atom. The third kappa shape index (κ3) is 1.22. The number of hydrogen-bond acceptors (Lipinski definition) is 3. The van der Waals surface area contributed by atoms with Gasteiger partial charge in [0, 0.05) is 16.1 Å². The van der Waals surface area contributed by atoms with Crippen LogP contribution < -0.4 is 5.73 Å². The molecule has 0 atom stereocenters. The fourth-order valence-corrected chi connectivity index (χ4v) is 1.77. The summed E-state index contributed by atoms with van der Waals surface area (Å²) in [6, 6.07) is 7.61. The number of nitriles is 1. The Hall–Kier alpha value is -1.60. The topological polar surface area (TPSA) is 62.7 Å². The molecule has 0 spiro atoms. The molecule has 0 amide bonds. The highest BCUT2D eigenvalue weighted by Gasteiger charge is 2.06. The average Bonchev–Trinajstić information content (AvgIpc) is 2.20. The predicted octanol–water partition coefficient (Wildman–Crippen LogP) is 2.45. The maximum Gasteiger partial charge on any atom is 0.103 e. The van der Waals surface area contributed by atoms with Crippen molar-refractivity contribution in [3.63, 3.8) is 0 Å². The molecule has 0 aliphatic carbocycles. The summed E-state index contributed by atoms with van der Waals surface area (Å²) < 4.78 is 0.881. The van der Waals surface area contributed by atoms with Crippen LogP contribution in [0, 0.1) is 11.3 Å². The number of pyridine rings is 1. The predicted molar refractivity (Wildman–Crippen MR) is 58.6 cm³/mol. The molecule has 1 aromatic carbocycles. The van der Waals surface area contributed by atoms with E-state index in [1.165, 1.54) is 6.20 Å². The van der Waals surface area contributed by atoms with Gasteiger partial charge in [-0.25, -0.2) is 0 Å². The van der Waals surface area contributed by atoms with E-state index in [4.69, 9.17) is 11.0 Å². The summed E-state index contributed by atoms with van der Waals surface area (Å²) in [6.45, 7) is 0. The van der Waals surface area contributed by atoms with Crippen molar-refractivity contribution in [1.29, 1.82) is 5.26 Å². The summed E-state index contributed by atoms with van der Waals surface area (Å²) >= 11 is 3.38. The second kappa shape index (κ2) is 3.28. The molecule has 14 heavy (non-hydrogen) atoms. The van der Waals surface area contributed by atoms with Crippen molar-refractivity contribution < 1.29 is 0 Å². The Balaban J connectivity index is 2.92. The van der Waals surface area contributed by atoms with Crippen LogP contribution >= 0.6 is 15.9 Å². The van der Waals surface area contributed by atoms with Crippen LogP contribution in [0.5, 0.6) is 0 Å². The van der Waals surface area contributed by atoms with Crippen molar-refractivity contribution in [1.82, 2.24) is 4.98 Å². The second-order valence-electron chi connectivity index (χ2n) is 2.83. The van der Waals surface area contributed by atoms with E-state index >= 15 is 0 Å². The lowest BCUT2D eigenvalue weighted by Gasteiger charge is -2.03. The van der Waals surface area contributed by atoms with Gasteiger partial charge >= 0.3 is 0 Å². The van der Waals surface area contributed by atoms with Crippen molar-refractivity contribution in [3.05, 3.63) is 34.4 Å². The summed E-state index contributed by atoms with van der Waals surface area (Å²) in [5, 5.41) is 9.57. The van der Waals surface area contributed by atoms with Crippen molar-refractivity contribution in [2.24, 2.45) is 0 Å². The smallest absolute Gasteiger partial charge is 0.103 e. The molecule has 2 rings (SSSR count). The maximum atomic E-state index is 8.77. The number of nitrogen functional groups attached to an aromatic ring is 1. The van der Waals surface area contributed by atoms with Crippen LogP contribution in [0.1, 0.15) is 5.56 Å². The molecule has 0 unspecified atom stereocenters. The Morgan fingerprint density at radius 2 is 2.21 bits per heavy atom. The van der Waals surface area contributed by atoms with Gasteiger partial charge in [0.1, 0.15) is 6.07 Å². The average molecular weight is 248 g/mol. The zero-order valence-electron chi connectivity index (χ0n) is 7.16. The first-order valence-electron chi connectivity index (χ1n) is 3.97. The lowest BCUT2D eigenvalue weighted by Crippen LogP contribution is -1.94. The van der Waals surface area contributed by atoms with E-state index in [2.05, 4.69) is 20.9 Å². The summed E-state index contributed by atoms with van der Waals surface area (Å²) in [5.74, 6) is 0. The van der Waals surface area contributed by atoms with Crippen LogP contribution in [0.2, 0.25) is 0 Å². The van der Waals surface area contributed by atoms with Crippen molar-refractivity contribution in [2.45, 2.75) is 0 Å². The van der Waals surface area contributed by atoms with Gasteiger partial charge in [-0.15, -0.1) is 0 Å². The molecule has 1 heterocycles. The third-order valence-corrected chi connectivity index (χ3v) is 2.65. The van der Waals surface area contributed by atoms with Crippen LogP contribution in [0.15, 0.2) is 28.9 Å². The zero-order chi connectivity index (χ0) is 10.1. The number of fused-ring (bicyclic) bond motifs is 1. The molecule has 0 aliphatic rings. The third-order valence-electron chi connectivity index (χ3n) is 2.01. The minimum Gasteiger partial charge on any atom is -0.397 e. The molecule has 1 aromatic heterocycles. The molecule has 0 aliphatic heterocycles. The van der Waals surface area contributed by atoms with Crippen LogP contribution in [-0.4, -0.2) is 4.98 Å². The minimum absolute atomic E-state index is 0.413. The molecule has 0 bridgehead atoms. The summed E-state index contributed by atoms with van der Waals surface area (Å²) in [5.41, 5.74) is 7.49. The molecule has 68 valence electrons. The standard InChI is InChI=1S/C10H6BrN3/c11-8-3-1-2-7-9(13)6(4-12)5-14-10(7)8/h1-3,5H,(H2,13,14). The number of aromatic nitrogens is 1. The SMILES string of the molecule is N#Cc1cnc2c(Br)cccc2c1N. The van der Waals surface area contributed by atoms with E-state index < -0.39 is 0 Å². The lowest BCUT2D eigenvalue weighted by molar-refractivity contribution is 1.37. The van der Waals surface area contributed by atoms with Gasteiger partial charge in [-0.2, -0.15) is 5.26 Å². The number of nitrogens with two attached hydrogens (primary N) is 1. The summed E-state index contributed by atoms with van der Waals surface area (Å²) in [7, 11) is 0. The fourth-order valence-electron chi connectivity index (χ4n) is 1.30. The maximum absolute atomic E-state index is 8.77. The molecule has 3 nitrogen and oxygen atoms in total. The van der Waals surface area contributed by atoms with Crippen molar-refractivity contribution >= 4 is 32.5 Å². The minimum atomic E-state index is 0.413. The first-order valence-corrected chi connectivity index (χ1v) is 4.76. The highest BCUT2D eigenvalue weighted by Crippen LogP contribution is 2.27. The van der Waals surface area contributed by atoms with Gasteiger partial charge in [0.05, 0.1) is 16.8 Å². The molecule has 4 heteroatoms. The van der Waals surface area contributed by atoms with Gasteiger partial charge in [-0.1, -0.05) is 12.1 Å². The largest absolute Gasteiger partial charge is 0.397 e. The van der Waals surface area contributed by atoms with Gasteiger partial charge < -0.3 is 5.73 Å². The highest BCUT2D eigenvalue weighted by molar-refractivity contribution is 9.10. The van der Waals surface area contributed by atoms with Crippen LogP contribution in [0.25, 0.3) is 10.9 Å². The van der Waals surface area contributed by atoms with Gasteiger partial charge in [-0.05, 0) is 22.0 Å². The molecular weight excluding hydrogens is 242 g/mol. The first-order chi connectivity index (χ1) is 6.74. The number of hydrogen-bond donors (Lipinski definition) is 1. The number of benzene rings is 1. The number of nitrogens with zero attached hydrogens (tertiary/aromatic N) is 2. The van der Waals surface area contributed by atoms with Crippen molar-refractivity contribution in [3.8, 4) is 6.07 Å². The molecule has 0 saturated heterocycles. The molecule has 0 saturated carbocycles. The van der Waals surface area contributed by atoms with E-state index in [9.17, 15) is 0 Å². The number of halogens is 1.